The number of likely N-dealkylation sites (tertiary alicyclic amines) is 1. The first-order valence-corrected chi connectivity index (χ1v) is 4.57. The molecule has 0 aromatic heterocycles. The number of alkyl halides is 1. The average molecular weight is 200 g/mol. The minimum Gasteiger partial charge on any atom is -0.332 e. The van der Waals surface area contributed by atoms with E-state index in [2.05, 4.69) is 11.8 Å². The van der Waals surface area contributed by atoms with Crippen LogP contribution in [0.5, 0.6) is 0 Å². The Morgan fingerprint density at radius 3 is 2.71 bits per heavy atom. The molecule has 1 aliphatic rings. The molecule has 1 heterocycles. The molecular weight excluding hydrogens is 183 g/mol. The number of hydrogen-bond donors (Lipinski definition) is 1. The van der Waals surface area contributed by atoms with E-state index in [0.717, 1.165) is 19.5 Å². The maximum Gasteiger partial charge on any atom is 0.298 e. The second-order valence-corrected chi connectivity index (χ2v) is 3.02. The Balaban J connectivity index is 0.000000791. The van der Waals surface area contributed by atoms with Crippen LogP contribution in [0.2, 0.25) is 0 Å². The topological polar surface area (TPSA) is 46.3 Å². The summed E-state index contributed by atoms with van der Waals surface area (Å²) >= 11 is 0. The third-order valence-corrected chi connectivity index (χ3v) is 2.14. The third-order valence-electron chi connectivity index (χ3n) is 2.14. The minimum absolute atomic E-state index is 0.0616. The van der Waals surface area contributed by atoms with Gasteiger partial charge in [-0.05, 0) is 31.7 Å². The molecule has 1 amide bonds. The summed E-state index contributed by atoms with van der Waals surface area (Å²) in [6.07, 6.45) is 1.02. The van der Waals surface area contributed by atoms with Gasteiger partial charge in [0.15, 0.2) is 0 Å². The summed E-state index contributed by atoms with van der Waals surface area (Å²) in [5.74, 6) is 5.55. The van der Waals surface area contributed by atoms with Crippen molar-refractivity contribution < 1.29 is 9.18 Å². The average Bonchev–Trinajstić information content (AvgIpc) is 2.69. The predicted octanol–water partition coefficient (Wildman–Crippen LogP) is 0.403. The molecule has 0 aromatic carbocycles. The lowest BCUT2D eigenvalue weighted by molar-refractivity contribution is -0.124. The monoisotopic (exact) mass is 200 g/mol. The summed E-state index contributed by atoms with van der Waals surface area (Å²) in [7, 11) is 0.500. The van der Waals surface area contributed by atoms with Crippen molar-refractivity contribution in [2.75, 3.05) is 26.8 Å². The van der Waals surface area contributed by atoms with Gasteiger partial charge in [0.1, 0.15) is 0 Å². The number of hydrogen-bond acceptors (Lipinski definition) is 2. The van der Waals surface area contributed by atoms with Crippen molar-refractivity contribution in [3.63, 3.8) is 0 Å². The van der Waals surface area contributed by atoms with Gasteiger partial charge in [-0.25, -0.2) is 0 Å². The lowest BCUT2D eigenvalue weighted by Gasteiger charge is -2.11. The second kappa shape index (κ2) is 7.34. The lowest BCUT2D eigenvalue weighted by atomic mass is 10.1. The van der Waals surface area contributed by atoms with E-state index >= 15 is 0 Å². The first-order chi connectivity index (χ1) is 6.77. The number of amides is 1. The Kier molecular flexibility index (Phi) is 6.77. The molecule has 4 heteroatoms. The summed E-state index contributed by atoms with van der Waals surface area (Å²) < 4.78 is 9.50. The molecule has 14 heavy (non-hydrogen) atoms. The normalized spacial score (nSPS) is 19.1. The molecule has 0 spiro atoms. The number of nitrogens with two attached hydrogens (primary N) is 1. The molecule has 1 fully saturated rings. The summed E-state index contributed by atoms with van der Waals surface area (Å²) in [6, 6.07) is 0. The number of carbonyl (C=O) groups is 1. The van der Waals surface area contributed by atoms with E-state index in [0.29, 0.717) is 19.6 Å². The molecule has 0 aliphatic carbocycles. The highest BCUT2D eigenvalue weighted by atomic mass is 19.1. The number of carbonyl (C=O) groups excluding carboxylic acids is 1. The molecule has 1 rings (SSSR count). The van der Waals surface area contributed by atoms with E-state index in [4.69, 9.17) is 5.73 Å². The van der Waals surface area contributed by atoms with Gasteiger partial charge in [0.2, 0.25) is 0 Å². The van der Waals surface area contributed by atoms with Gasteiger partial charge in [-0.2, -0.15) is 0 Å². The molecule has 3 nitrogen and oxygen atoms in total. The van der Waals surface area contributed by atoms with Crippen LogP contribution in [0.3, 0.4) is 0 Å². The van der Waals surface area contributed by atoms with Crippen LogP contribution in [-0.4, -0.2) is 37.6 Å². The molecule has 0 aromatic rings. The number of rotatable bonds is 1. The van der Waals surface area contributed by atoms with Crippen LogP contribution >= 0.6 is 0 Å². The molecule has 0 saturated carbocycles. The molecule has 1 unspecified atom stereocenters. The van der Waals surface area contributed by atoms with Gasteiger partial charge < -0.3 is 10.6 Å². The van der Waals surface area contributed by atoms with Gasteiger partial charge in [0.25, 0.3) is 5.91 Å². The summed E-state index contributed by atoms with van der Waals surface area (Å²) in [5.41, 5.74) is 5.50. The summed E-state index contributed by atoms with van der Waals surface area (Å²) in [4.78, 5) is 13.0. The molecular formula is C10H17FN2O. The van der Waals surface area contributed by atoms with Crippen molar-refractivity contribution in [2.24, 2.45) is 11.7 Å². The fraction of sp³-hybridized carbons (Fsp3) is 0.700. The SMILES string of the molecule is CC#CC(=O)N1CCC(CN)C1.CF. The van der Waals surface area contributed by atoms with Gasteiger partial charge in [-0.3, -0.25) is 9.18 Å². The van der Waals surface area contributed by atoms with Gasteiger partial charge in [0, 0.05) is 13.1 Å². The van der Waals surface area contributed by atoms with Crippen molar-refractivity contribution in [2.45, 2.75) is 13.3 Å². The molecule has 1 atom stereocenters. The molecule has 2 N–H and O–H groups in total. The Morgan fingerprint density at radius 2 is 2.29 bits per heavy atom. The van der Waals surface area contributed by atoms with Gasteiger partial charge >= 0.3 is 0 Å². The van der Waals surface area contributed by atoms with Crippen LogP contribution < -0.4 is 5.73 Å². The molecule has 0 bridgehead atoms. The minimum atomic E-state index is -0.0616. The van der Waals surface area contributed by atoms with Crippen LogP contribution in [0, 0.1) is 17.8 Å². The maximum absolute atomic E-state index is 11.2. The van der Waals surface area contributed by atoms with E-state index in [1.54, 1.807) is 11.8 Å². The fourth-order valence-electron chi connectivity index (χ4n) is 1.40. The van der Waals surface area contributed by atoms with Gasteiger partial charge in [0.05, 0.1) is 7.18 Å². The van der Waals surface area contributed by atoms with Gasteiger partial charge in [-0.1, -0.05) is 5.92 Å². The highest BCUT2D eigenvalue weighted by Crippen LogP contribution is 2.14. The van der Waals surface area contributed by atoms with Crippen molar-refractivity contribution in [3.05, 3.63) is 0 Å². The predicted molar refractivity (Wildman–Crippen MR) is 54.2 cm³/mol. The van der Waals surface area contributed by atoms with Crippen LogP contribution in [0.15, 0.2) is 0 Å². The van der Waals surface area contributed by atoms with Crippen molar-refractivity contribution >= 4 is 5.91 Å². The number of nitrogens with zero attached hydrogens (tertiary/aromatic N) is 1. The van der Waals surface area contributed by atoms with Crippen LogP contribution in [0.1, 0.15) is 13.3 Å². The first kappa shape index (κ1) is 12.9. The molecule has 80 valence electrons. The smallest absolute Gasteiger partial charge is 0.298 e. The lowest BCUT2D eigenvalue weighted by Crippen LogP contribution is -2.28. The third kappa shape index (κ3) is 3.75. The largest absolute Gasteiger partial charge is 0.332 e. The highest BCUT2D eigenvalue weighted by molar-refractivity contribution is 5.93. The van der Waals surface area contributed by atoms with E-state index in [-0.39, 0.29) is 5.91 Å². The zero-order valence-electron chi connectivity index (χ0n) is 8.72. The zero-order valence-corrected chi connectivity index (χ0v) is 8.72. The molecule has 0 radical (unpaired) electrons. The summed E-state index contributed by atoms with van der Waals surface area (Å²) in [6.45, 7) is 3.94. The maximum atomic E-state index is 11.2. The van der Waals surface area contributed by atoms with Crippen molar-refractivity contribution in [1.29, 1.82) is 0 Å². The number of halogens is 1. The quantitative estimate of drug-likeness (QED) is 0.623. The van der Waals surface area contributed by atoms with Crippen LogP contribution in [-0.2, 0) is 4.79 Å². The van der Waals surface area contributed by atoms with Gasteiger partial charge in [-0.15, -0.1) is 0 Å². The Labute approximate surface area is 84.4 Å². The first-order valence-electron chi connectivity index (χ1n) is 4.57. The van der Waals surface area contributed by atoms with E-state index in [1.165, 1.54) is 0 Å². The van der Waals surface area contributed by atoms with E-state index < -0.39 is 0 Å². The Hall–Kier alpha value is -1.08. The van der Waals surface area contributed by atoms with E-state index in [1.807, 2.05) is 0 Å². The van der Waals surface area contributed by atoms with Crippen molar-refractivity contribution in [3.8, 4) is 11.8 Å². The Morgan fingerprint density at radius 1 is 1.64 bits per heavy atom. The van der Waals surface area contributed by atoms with Crippen LogP contribution in [0.25, 0.3) is 0 Å². The second-order valence-electron chi connectivity index (χ2n) is 3.02. The molecule has 1 aliphatic heterocycles. The highest BCUT2D eigenvalue weighted by Gasteiger charge is 2.23. The van der Waals surface area contributed by atoms with Crippen molar-refractivity contribution in [1.82, 2.24) is 4.90 Å². The van der Waals surface area contributed by atoms with E-state index in [9.17, 15) is 9.18 Å². The Bertz CT molecular complexity index is 232. The summed E-state index contributed by atoms with van der Waals surface area (Å²) in [5, 5.41) is 0. The standard InChI is InChI=1S/C9H14N2O.CH3F/c1-2-3-9(12)11-5-4-8(6-10)7-11;1-2/h8H,4-7,10H2,1H3;1H3. The molecule has 1 saturated heterocycles. The van der Waals surface area contributed by atoms with Crippen LogP contribution in [0.4, 0.5) is 4.39 Å². The fourth-order valence-corrected chi connectivity index (χ4v) is 1.40. The zero-order chi connectivity index (χ0) is 11.0.